The van der Waals surface area contributed by atoms with Crippen LogP contribution in [0.3, 0.4) is 0 Å². The predicted octanol–water partition coefficient (Wildman–Crippen LogP) is 3.56. The van der Waals surface area contributed by atoms with Gasteiger partial charge in [-0.1, -0.05) is 32.6 Å². The summed E-state index contributed by atoms with van der Waals surface area (Å²) in [7, 11) is -3.46. The van der Waals surface area contributed by atoms with E-state index in [2.05, 4.69) is 12.2 Å². The summed E-state index contributed by atoms with van der Waals surface area (Å²) < 4.78 is 27.2. The zero-order valence-electron chi connectivity index (χ0n) is 15.6. The van der Waals surface area contributed by atoms with Crippen LogP contribution in [0, 0.1) is 5.92 Å². The predicted molar refractivity (Wildman–Crippen MR) is 103 cm³/mol. The van der Waals surface area contributed by atoms with E-state index in [1.165, 1.54) is 6.42 Å². The van der Waals surface area contributed by atoms with Gasteiger partial charge in [-0.15, -0.1) is 0 Å². The highest BCUT2D eigenvalue weighted by atomic mass is 32.2. The van der Waals surface area contributed by atoms with Crippen molar-refractivity contribution in [2.24, 2.45) is 5.92 Å². The number of rotatable bonds is 4. The number of benzene rings is 1. The Morgan fingerprint density at radius 3 is 2.19 bits per heavy atom. The fourth-order valence-electron chi connectivity index (χ4n) is 3.99. The molecule has 0 aromatic heterocycles. The lowest BCUT2D eigenvalue weighted by molar-refractivity contribution is 0.0910. The van der Waals surface area contributed by atoms with Crippen molar-refractivity contribution in [1.82, 2.24) is 9.62 Å². The van der Waals surface area contributed by atoms with E-state index in [-0.39, 0.29) is 16.8 Å². The maximum atomic E-state index is 12.8. The van der Waals surface area contributed by atoms with Crippen LogP contribution in [0.1, 0.15) is 68.6 Å². The second-order valence-electron chi connectivity index (χ2n) is 7.68. The standard InChI is InChI=1S/C20H30N2O3S/c1-16-8-4-5-9-19(16)21-20(23)17-10-12-18(13-11-17)26(24,25)22-14-6-2-3-7-15-22/h10-13,16,19H,2-9,14-15H2,1H3,(H,21,23)/t16-,19+/m0/s1. The molecule has 0 spiro atoms. The third-order valence-electron chi connectivity index (χ3n) is 5.75. The Balaban J connectivity index is 1.68. The fraction of sp³-hybridized carbons (Fsp3) is 0.650. The van der Waals surface area contributed by atoms with Gasteiger partial charge in [0, 0.05) is 24.7 Å². The molecule has 1 saturated carbocycles. The topological polar surface area (TPSA) is 66.5 Å². The molecule has 1 heterocycles. The molecule has 0 radical (unpaired) electrons. The van der Waals surface area contributed by atoms with Gasteiger partial charge in [-0.25, -0.2) is 8.42 Å². The van der Waals surface area contributed by atoms with Crippen LogP contribution in [-0.4, -0.2) is 37.8 Å². The van der Waals surface area contributed by atoms with E-state index in [0.717, 1.165) is 44.9 Å². The second-order valence-corrected chi connectivity index (χ2v) is 9.62. The van der Waals surface area contributed by atoms with Crippen molar-refractivity contribution in [3.63, 3.8) is 0 Å². The maximum absolute atomic E-state index is 12.8. The highest BCUT2D eigenvalue weighted by molar-refractivity contribution is 7.89. The van der Waals surface area contributed by atoms with Crippen molar-refractivity contribution < 1.29 is 13.2 Å². The Morgan fingerprint density at radius 2 is 1.58 bits per heavy atom. The third kappa shape index (κ3) is 4.46. The zero-order valence-corrected chi connectivity index (χ0v) is 16.4. The van der Waals surface area contributed by atoms with Crippen molar-refractivity contribution >= 4 is 15.9 Å². The monoisotopic (exact) mass is 378 g/mol. The number of nitrogens with zero attached hydrogens (tertiary/aromatic N) is 1. The molecule has 144 valence electrons. The average molecular weight is 379 g/mol. The van der Waals surface area contributed by atoms with Gasteiger partial charge in [-0.05, 0) is 55.9 Å². The van der Waals surface area contributed by atoms with Crippen molar-refractivity contribution in [3.05, 3.63) is 29.8 Å². The van der Waals surface area contributed by atoms with Gasteiger partial charge in [0.1, 0.15) is 0 Å². The van der Waals surface area contributed by atoms with Crippen LogP contribution in [0.25, 0.3) is 0 Å². The molecule has 1 aliphatic carbocycles. The summed E-state index contributed by atoms with van der Waals surface area (Å²) >= 11 is 0. The number of amides is 1. The molecule has 0 unspecified atom stereocenters. The number of carbonyl (C=O) groups is 1. The number of hydrogen-bond acceptors (Lipinski definition) is 3. The van der Waals surface area contributed by atoms with E-state index >= 15 is 0 Å². The Bertz CT molecular complexity index is 707. The highest BCUT2D eigenvalue weighted by Gasteiger charge is 2.26. The summed E-state index contributed by atoms with van der Waals surface area (Å²) in [5, 5.41) is 3.12. The minimum atomic E-state index is -3.46. The molecular weight excluding hydrogens is 348 g/mol. The Kier molecular flexibility index (Phi) is 6.35. The maximum Gasteiger partial charge on any atom is 0.251 e. The molecule has 3 rings (SSSR count). The largest absolute Gasteiger partial charge is 0.349 e. The van der Waals surface area contributed by atoms with Crippen LogP contribution in [0.4, 0.5) is 0 Å². The van der Waals surface area contributed by atoms with Gasteiger partial charge < -0.3 is 5.32 Å². The number of hydrogen-bond donors (Lipinski definition) is 1. The Hall–Kier alpha value is -1.40. The van der Waals surface area contributed by atoms with Crippen LogP contribution in [0.5, 0.6) is 0 Å². The number of sulfonamides is 1. The smallest absolute Gasteiger partial charge is 0.251 e. The first-order valence-electron chi connectivity index (χ1n) is 9.89. The van der Waals surface area contributed by atoms with Gasteiger partial charge in [0.2, 0.25) is 10.0 Å². The first-order chi connectivity index (χ1) is 12.5. The van der Waals surface area contributed by atoms with Crippen molar-refractivity contribution in [2.45, 2.75) is 69.2 Å². The van der Waals surface area contributed by atoms with Crippen LogP contribution < -0.4 is 5.32 Å². The first-order valence-corrected chi connectivity index (χ1v) is 11.3. The molecule has 5 nitrogen and oxygen atoms in total. The van der Waals surface area contributed by atoms with E-state index in [1.807, 2.05) is 0 Å². The highest BCUT2D eigenvalue weighted by Crippen LogP contribution is 2.24. The summed E-state index contributed by atoms with van der Waals surface area (Å²) in [5.41, 5.74) is 0.526. The summed E-state index contributed by atoms with van der Waals surface area (Å²) in [6, 6.07) is 6.62. The molecule has 1 aromatic rings. The molecule has 2 fully saturated rings. The molecule has 1 aromatic carbocycles. The lowest BCUT2D eigenvalue weighted by Crippen LogP contribution is -2.41. The van der Waals surface area contributed by atoms with E-state index in [9.17, 15) is 13.2 Å². The quantitative estimate of drug-likeness (QED) is 0.871. The van der Waals surface area contributed by atoms with Gasteiger partial charge in [-0.3, -0.25) is 4.79 Å². The van der Waals surface area contributed by atoms with E-state index < -0.39 is 10.0 Å². The number of nitrogens with one attached hydrogen (secondary N) is 1. The van der Waals surface area contributed by atoms with Crippen molar-refractivity contribution in [2.75, 3.05) is 13.1 Å². The number of carbonyl (C=O) groups excluding carboxylic acids is 1. The van der Waals surface area contributed by atoms with E-state index in [1.54, 1.807) is 28.6 Å². The minimum Gasteiger partial charge on any atom is -0.349 e. The first kappa shape index (κ1) is 19.4. The van der Waals surface area contributed by atoms with Gasteiger partial charge in [0.15, 0.2) is 0 Å². The lowest BCUT2D eigenvalue weighted by Gasteiger charge is -2.29. The van der Waals surface area contributed by atoms with E-state index in [4.69, 9.17) is 0 Å². The molecule has 1 saturated heterocycles. The Labute approximate surface area is 157 Å². The van der Waals surface area contributed by atoms with E-state index in [0.29, 0.717) is 24.6 Å². The van der Waals surface area contributed by atoms with Crippen LogP contribution >= 0.6 is 0 Å². The van der Waals surface area contributed by atoms with Crippen LogP contribution in [0.2, 0.25) is 0 Å². The summed E-state index contributed by atoms with van der Waals surface area (Å²) in [6.07, 6.45) is 8.57. The van der Waals surface area contributed by atoms with Crippen LogP contribution in [-0.2, 0) is 10.0 Å². The van der Waals surface area contributed by atoms with Crippen molar-refractivity contribution in [1.29, 1.82) is 0 Å². The van der Waals surface area contributed by atoms with Gasteiger partial charge >= 0.3 is 0 Å². The van der Waals surface area contributed by atoms with Gasteiger partial charge in [0.05, 0.1) is 4.90 Å². The SMILES string of the molecule is C[C@H]1CCCC[C@H]1NC(=O)c1ccc(S(=O)(=O)N2CCCCCC2)cc1. The van der Waals surface area contributed by atoms with Crippen LogP contribution in [0.15, 0.2) is 29.2 Å². The summed E-state index contributed by atoms with van der Waals surface area (Å²) in [6.45, 7) is 3.36. The Morgan fingerprint density at radius 1 is 0.962 bits per heavy atom. The zero-order chi connectivity index (χ0) is 18.6. The molecule has 6 heteroatoms. The summed E-state index contributed by atoms with van der Waals surface area (Å²) in [4.78, 5) is 12.8. The fourth-order valence-corrected chi connectivity index (χ4v) is 5.51. The molecule has 2 atom stereocenters. The lowest BCUT2D eigenvalue weighted by atomic mass is 9.86. The minimum absolute atomic E-state index is 0.109. The van der Waals surface area contributed by atoms with Gasteiger partial charge in [-0.2, -0.15) is 4.31 Å². The molecule has 1 amide bonds. The van der Waals surface area contributed by atoms with Gasteiger partial charge in [0.25, 0.3) is 5.91 Å². The normalized spacial score (nSPS) is 25.4. The van der Waals surface area contributed by atoms with Crippen molar-refractivity contribution in [3.8, 4) is 0 Å². The molecule has 2 aliphatic rings. The molecule has 0 bridgehead atoms. The molecule has 1 aliphatic heterocycles. The molecular formula is C20H30N2O3S. The molecule has 1 N–H and O–H groups in total. The third-order valence-corrected chi connectivity index (χ3v) is 7.66. The second kappa shape index (κ2) is 8.53. The molecule has 26 heavy (non-hydrogen) atoms. The average Bonchev–Trinajstić information content (AvgIpc) is 2.94. The summed E-state index contributed by atoms with van der Waals surface area (Å²) in [5.74, 6) is 0.387.